The van der Waals surface area contributed by atoms with E-state index in [1.807, 2.05) is 24.3 Å². The van der Waals surface area contributed by atoms with E-state index in [0.717, 1.165) is 10.2 Å². The van der Waals surface area contributed by atoms with Crippen LogP contribution in [-0.2, 0) is 15.6 Å². The monoisotopic (exact) mass is 420 g/mol. The number of rotatable bonds is 5. The Morgan fingerprint density at radius 2 is 1.68 bits per heavy atom. The van der Waals surface area contributed by atoms with Gasteiger partial charge in [0.1, 0.15) is 5.69 Å². The van der Waals surface area contributed by atoms with Crippen molar-refractivity contribution < 1.29 is 8.42 Å². The van der Waals surface area contributed by atoms with E-state index in [0.29, 0.717) is 5.69 Å². The summed E-state index contributed by atoms with van der Waals surface area (Å²) in [7, 11) is -3.66. The summed E-state index contributed by atoms with van der Waals surface area (Å²) in [5.41, 5.74) is 0.445. The molecule has 0 aliphatic rings. The summed E-state index contributed by atoms with van der Waals surface area (Å²) < 4.78 is 30.4. The lowest BCUT2D eigenvalue weighted by molar-refractivity contribution is 0.459. The Hall–Kier alpha value is -2.03. The van der Waals surface area contributed by atoms with Gasteiger partial charge in [0.15, 0.2) is 0 Å². The highest BCUT2D eigenvalue weighted by Crippen LogP contribution is 2.22. The molecule has 1 heterocycles. The van der Waals surface area contributed by atoms with Gasteiger partial charge in [-0.1, -0.05) is 39.3 Å². The molecule has 2 aromatic carbocycles. The van der Waals surface area contributed by atoms with Crippen LogP contribution in [0.4, 0.5) is 0 Å². The highest BCUT2D eigenvalue weighted by atomic mass is 79.9. The van der Waals surface area contributed by atoms with Gasteiger partial charge < -0.3 is 0 Å². The molecule has 0 fully saturated rings. The van der Waals surface area contributed by atoms with E-state index in [9.17, 15) is 8.42 Å². The van der Waals surface area contributed by atoms with Crippen molar-refractivity contribution in [2.24, 2.45) is 0 Å². The number of nitrogens with one attached hydrogen (secondary N) is 1. The van der Waals surface area contributed by atoms with Gasteiger partial charge in [-0.15, -0.1) is 5.10 Å². The van der Waals surface area contributed by atoms with Crippen LogP contribution in [0.3, 0.4) is 0 Å². The lowest BCUT2D eigenvalue weighted by Crippen LogP contribution is -2.41. The van der Waals surface area contributed by atoms with E-state index in [-0.39, 0.29) is 4.90 Å². The predicted octanol–water partition coefficient (Wildman–Crippen LogP) is 3.24. The number of sulfonamides is 1. The van der Waals surface area contributed by atoms with Gasteiger partial charge in [-0.3, -0.25) is 0 Å². The van der Waals surface area contributed by atoms with Crippen LogP contribution in [-0.4, -0.2) is 23.4 Å². The standard InChI is InChI=1S/C17H17BrN4O2S/c1-17(2,20-25(23,24)15-6-4-3-5-7-15)16-12-22(21-19-16)14-10-8-13(18)9-11-14/h3-12,20H,1-2H3. The highest BCUT2D eigenvalue weighted by molar-refractivity contribution is 9.10. The maximum absolute atomic E-state index is 12.6. The van der Waals surface area contributed by atoms with Crippen molar-refractivity contribution in [1.82, 2.24) is 19.7 Å². The first-order valence-corrected chi connectivity index (χ1v) is 9.83. The minimum Gasteiger partial charge on any atom is -0.220 e. The quantitative estimate of drug-likeness (QED) is 0.686. The molecule has 1 aromatic heterocycles. The number of aromatic nitrogens is 3. The molecule has 6 nitrogen and oxygen atoms in total. The van der Waals surface area contributed by atoms with E-state index in [1.54, 1.807) is 55.1 Å². The fourth-order valence-corrected chi connectivity index (χ4v) is 3.99. The van der Waals surface area contributed by atoms with Gasteiger partial charge in [-0.25, -0.2) is 13.1 Å². The third-order valence-electron chi connectivity index (χ3n) is 3.67. The number of hydrogen-bond donors (Lipinski definition) is 1. The zero-order valence-corrected chi connectivity index (χ0v) is 16.1. The van der Waals surface area contributed by atoms with Gasteiger partial charge in [0, 0.05) is 4.47 Å². The first-order chi connectivity index (χ1) is 11.8. The van der Waals surface area contributed by atoms with Crippen LogP contribution >= 0.6 is 15.9 Å². The molecule has 0 unspecified atom stereocenters. The second-order valence-corrected chi connectivity index (χ2v) is 8.67. The molecule has 0 aliphatic heterocycles. The third kappa shape index (κ3) is 3.97. The van der Waals surface area contributed by atoms with Gasteiger partial charge >= 0.3 is 0 Å². The smallest absolute Gasteiger partial charge is 0.220 e. The highest BCUT2D eigenvalue weighted by Gasteiger charge is 2.30. The van der Waals surface area contributed by atoms with Crippen molar-refractivity contribution in [2.75, 3.05) is 0 Å². The molecule has 25 heavy (non-hydrogen) atoms. The molecule has 130 valence electrons. The lowest BCUT2D eigenvalue weighted by atomic mass is 10.0. The summed E-state index contributed by atoms with van der Waals surface area (Å²) >= 11 is 3.39. The molecule has 0 amide bonds. The molecule has 3 rings (SSSR count). The lowest BCUT2D eigenvalue weighted by Gasteiger charge is -2.23. The average Bonchev–Trinajstić information content (AvgIpc) is 3.06. The van der Waals surface area contributed by atoms with E-state index in [1.165, 1.54) is 0 Å². The van der Waals surface area contributed by atoms with Crippen LogP contribution in [0.1, 0.15) is 19.5 Å². The van der Waals surface area contributed by atoms with Crippen LogP contribution in [0.2, 0.25) is 0 Å². The van der Waals surface area contributed by atoms with E-state index in [4.69, 9.17) is 0 Å². The number of nitrogens with zero attached hydrogens (tertiary/aromatic N) is 3. The molecule has 1 N–H and O–H groups in total. The van der Waals surface area contributed by atoms with Crippen molar-refractivity contribution in [3.63, 3.8) is 0 Å². The Kier molecular flexibility index (Phi) is 4.77. The predicted molar refractivity (Wildman–Crippen MR) is 98.8 cm³/mol. The van der Waals surface area contributed by atoms with Crippen LogP contribution in [0.5, 0.6) is 0 Å². The maximum Gasteiger partial charge on any atom is 0.241 e. The second kappa shape index (κ2) is 6.70. The van der Waals surface area contributed by atoms with Crippen LogP contribution < -0.4 is 4.72 Å². The van der Waals surface area contributed by atoms with Gasteiger partial charge in [0.2, 0.25) is 10.0 Å². The Morgan fingerprint density at radius 1 is 1.04 bits per heavy atom. The zero-order chi connectivity index (χ0) is 18.1. The molecule has 0 aliphatic carbocycles. The molecule has 0 atom stereocenters. The average molecular weight is 421 g/mol. The Balaban J connectivity index is 1.87. The molecule has 0 saturated carbocycles. The minimum absolute atomic E-state index is 0.211. The maximum atomic E-state index is 12.6. The minimum atomic E-state index is -3.66. The zero-order valence-electron chi connectivity index (χ0n) is 13.7. The van der Waals surface area contributed by atoms with Crippen molar-refractivity contribution in [2.45, 2.75) is 24.3 Å². The summed E-state index contributed by atoms with van der Waals surface area (Å²) in [6.07, 6.45) is 1.72. The summed E-state index contributed by atoms with van der Waals surface area (Å²) in [6, 6.07) is 15.8. The number of benzene rings is 2. The summed E-state index contributed by atoms with van der Waals surface area (Å²) in [4.78, 5) is 0.211. The SMILES string of the molecule is CC(C)(NS(=O)(=O)c1ccccc1)c1cn(-c2ccc(Br)cc2)nn1. The molecule has 8 heteroatoms. The summed E-state index contributed by atoms with van der Waals surface area (Å²) in [5, 5.41) is 8.24. The van der Waals surface area contributed by atoms with Crippen LogP contribution in [0.25, 0.3) is 5.69 Å². The summed E-state index contributed by atoms with van der Waals surface area (Å²) in [5.74, 6) is 0. The molecule has 0 radical (unpaired) electrons. The number of hydrogen-bond acceptors (Lipinski definition) is 4. The van der Waals surface area contributed by atoms with Gasteiger partial charge in [-0.05, 0) is 50.2 Å². The molecule has 0 bridgehead atoms. The third-order valence-corrected chi connectivity index (χ3v) is 5.87. The molecule has 3 aromatic rings. The topological polar surface area (TPSA) is 76.9 Å². The van der Waals surface area contributed by atoms with E-state index >= 15 is 0 Å². The Bertz CT molecular complexity index is 967. The van der Waals surface area contributed by atoms with Gasteiger partial charge in [-0.2, -0.15) is 4.72 Å². The fourth-order valence-electron chi connectivity index (χ4n) is 2.32. The molecular weight excluding hydrogens is 404 g/mol. The van der Waals surface area contributed by atoms with E-state index < -0.39 is 15.6 Å². The molecule has 0 spiro atoms. The van der Waals surface area contributed by atoms with Crippen molar-refractivity contribution in [3.05, 3.63) is 71.0 Å². The summed E-state index contributed by atoms with van der Waals surface area (Å²) in [6.45, 7) is 3.51. The Morgan fingerprint density at radius 3 is 2.32 bits per heavy atom. The molecular formula is C17H17BrN4O2S. The van der Waals surface area contributed by atoms with Crippen molar-refractivity contribution in [1.29, 1.82) is 0 Å². The number of halogens is 1. The van der Waals surface area contributed by atoms with Gasteiger partial charge in [0.05, 0.1) is 22.3 Å². The Labute approximate surface area is 155 Å². The first kappa shape index (κ1) is 17.8. The second-order valence-electron chi connectivity index (χ2n) is 6.07. The molecule has 0 saturated heterocycles. The van der Waals surface area contributed by atoms with Crippen LogP contribution in [0, 0.1) is 0 Å². The van der Waals surface area contributed by atoms with E-state index in [2.05, 4.69) is 31.0 Å². The largest absolute Gasteiger partial charge is 0.241 e. The van der Waals surface area contributed by atoms with Crippen molar-refractivity contribution in [3.8, 4) is 5.69 Å². The van der Waals surface area contributed by atoms with Gasteiger partial charge in [0.25, 0.3) is 0 Å². The van der Waals surface area contributed by atoms with Crippen LogP contribution in [0.15, 0.2) is 70.2 Å². The van der Waals surface area contributed by atoms with Crippen molar-refractivity contribution >= 4 is 26.0 Å². The normalized spacial score (nSPS) is 12.3. The fraction of sp³-hybridized carbons (Fsp3) is 0.176. The first-order valence-electron chi connectivity index (χ1n) is 7.56.